The van der Waals surface area contributed by atoms with Gasteiger partial charge in [-0.15, -0.1) is 11.3 Å². The van der Waals surface area contributed by atoms with Crippen molar-refractivity contribution in [1.82, 2.24) is 4.98 Å². The summed E-state index contributed by atoms with van der Waals surface area (Å²) in [5.41, 5.74) is 4.72. The molecule has 0 aliphatic heterocycles. The summed E-state index contributed by atoms with van der Waals surface area (Å²) in [6, 6.07) is 11.9. The number of benzene rings is 1. The molecule has 0 radical (unpaired) electrons. The fourth-order valence-corrected chi connectivity index (χ4v) is 3.87. The van der Waals surface area contributed by atoms with Crippen molar-refractivity contribution < 1.29 is 9.53 Å². The largest absolute Gasteiger partial charge is 0.496 e. The van der Waals surface area contributed by atoms with Crippen LogP contribution in [0.2, 0.25) is 0 Å². The van der Waals surface area contributed by atoms with Crippen molar-refractivity contribution in [2.24, 2.45) is 0 Å². The van der Waals surface area contributed by atoms with Crippen LogP contribution in [0.1, 0.15) is 27.0 Å². The number of thiophene rings is 1. The van der Waals surface area contributed by atoms with Gasteiger partial charge in [-0.2, -0.15) is 0 Å². The maximum atomic E-state index is 12.5. The number of carbonyl (C=O) groups excluding carboxylic acids is 1. The highest BCUT2D eigenvalue weighted by molar-refractivity contribution is 7.19. The Hall–Kier alpha value is -3.18. The fourth-order valence-electron chi connectivity index (χ4n) is 2.89. The number of rotatable bonds is 6. The van der Waals surface area contributed by atoms with E-state index < -0.39 is 0 Å². The predicted molar refractivity (Wildman–Crippen MR) is 117 cm³/mol. The molecule has 0 spiro atoms. The van der Waals surface area contributed by atoms with E-state index in [1.54, 1.807) is 43.0 Å². The second kappa shape index (κ2) is 8.67. The third kappa shape index (κ3) is 4.21. The van der Waals surface area contributed by atoms with Gasteiger partial charge in [-0.1, -0.05) is 24.8 Å². The molecule has 1 N–H and O–H groups in total. The molecule has 0 unspecified atom stereocenters. The number of aromatic nitrogens is 1. The second-order valence-electron chi connectivity index (χ2n) is 6.31. The minimum atomic E-state index is -0.130. The smallest absolute Gasteiger partial charge is 0.256 e. The maximum Gasteiger partial charge on any atom is 0.256 e. The molecular formula is C23H22N2O2S. The number of ether oxygens (including phenoxy) is 1. The van der Waals surface area contributed by atoms with Crippen LogP contribution in [0.3, 0.4) is 0 Å². The Morgan fingerprint density at radius 2 is 2.00 bits per heavy atom. The molecule has 0 bridgehead atoms. The first-order chi connectivity index (χ1) is 13.5. The van der Waals surface area contributed by atoms with Crippen LogP contribution in [0.4, 0.5) is 5.00 Å². The van der Waals surface area contributed by atoms with Gasteiger partial charge in [0.2, 0.25) is 0 Å². The Kier molecular flexibility index (Phi) is 6.06. The molecule has 0 saturated carbocycles. The number of aryl methyl sites for hydroxylation is 2. The van der Waals surface area contributed by atoms with Crippen molar-refractivity contribution in [3.8, 4) is 10.4 Å². The summed E-state index contributed by atoms with van der Waals surface area (Å²) in [5.74, 6) is 0.629. The number of hydrogen-bond acceptors (Lipinski definition) is 4. The number of hydrogen-bond donors (Lipinski definition) is 1. The van der Waals surface area contributed by atoms with Crippen LogP contribution < -0.4 is 5.32 Å². The van der Waals surface area contributed by atoms with E-state index in [0.29, 0.717) is 5.56 Å². The minimum Gasteiger partial charge on any atom is -0.496 e. The number of pyridine rings is 1. The molecule has 0 fully saturated rings. The average molecular weight is 391 g/mol. The van der Waals surface area contributed by atoms with E-state index in [9.17, 15) is 4.79 Å². The molecule has 0 saturated heterocycles. The van der Waals surface area contributed by atoms with Crippen molar-refractivity contribution >= 4 is 28.0 Å². The predicted octanol–water partition coefficient (Wildman–Crippen LogP) is 5.85. The Morgan fingerprint density at radius 3 is 2.71 bits per heavy atom. The zero-order valence-electron chi connectivity index (χ0n) is 16.2. The maximum absolute atomic E-state index is 12.5. The highest BCUT2D eigenvalue weighted by Gasteiger charge is 2.13. The van der Waals surface area contributed by atoms with Crippen LogP contribution in [0.5, 0.6) is 0 Å². The van der Waals surface area contributed by atoms with Crippen LogP contribution in [-0.4, -0.2) is 18.0 Å². The standard InChI is InChI=1S/C23H22N2O2S/c1-5-6-20(27-4)17-8-7-15(2)19(13-17)21-9-10-22(28-21)25-23(26)18-11-12-24-14-16(18)3/h5-14H,1H2,2-4H3,(H,25,26)/b20-6-. The number of nitrogens with one attached hydrogen (secondary N) is 1. The van der Waals surface area contributed by atoms with Crippen LogP contribution in [0.15, 0.2) is 67.5 Å². The van der Waals surface area contributed by atoms with Crippen LogP contribution in [0.25, 0.3) is 16.2 Å². The summed E-state index contributed by atoms with van der Waals surface area (Å²) in [7, 11) is 1.65. The van der Waals surface area contributed by atoms with Crippen LogP contribution in [-0.2, 0) is 4.74 Å². The van der Waals surface area contributed by atoms with Crippen molar-refractivity contribution in [3.63, 3.8) is 0 Å². The zero-order valence-corrected chi connectivity index (χ0v) is 17.0. The topological polar surface area (TPSA) is 51.2 Å². The van der Waals surface area contributed by atoms with Gasteiger partial charge in [0.25, 0.3) is 5.91 Å². The normalized spacial score (nSPS) is 11.2. The van der Waals surface area contributed by atoms with E-state index in [-0.39, 0.29) is 5.91 Å². The van der Waals surface area contributed by atoms with Crippen molar-refractivity contribution in [1.29, 1.82) is 0 Å². The Bertz CT molecular complexity index is 1050. The first-order valence-corrected chi connectivity index (χ1v) is 9.65. The van der Waals surface area contributed by atoms with Crippen LogP contribution in [0, 0.1) is 13.8 Å². The quantitative estimate of drug-likeness (QED) is 0.424. The zero-order chi connectivity index (χ0) is 20.1. The summed E-state index contributed by atoms with van der Waals surface area (Å²) in [6.07, 6.45) is 6.86. The number of nitrogens with zero attached hydrogens (tertiary/aromatic N) is 1. The first kappa shape index (κ1) is 19.6. The van der Waals surface area contributed by atoms with Crippen LogP contribution >= 0.6 is 11.3 Å². The molecule has 142 valence electrons. The summed E-state index contributed by atoms with van der Waals surface area (Å²) >= 11 is 1.54. The Morgan fingerprint density at radius 1 is 1.18 bits per heavy atom. The fraction of sp³-hybridized carbons (Fsp3) is 0.130. The van der Waals surface area contributed by atoms with Crippen molar-refractivity contribution in [3.05, 3.63) is 89.8 Å². The van der Waals surface area contributed by atoms with Gasteiger partial charge in [0.1, 0.15) is 5.76 Å². The molecule has 3 aromatic rings. The number of amides is 1. The molecule has 28 heavy (non-hydrogen) atoms. The van der Waals surface area contributed by atoms with Gasteiger partial charge < -0.3 is 10.1 Å². The number of methoxy groups -OCH3 is 1. The lowest BCUT2D eigenvalue weighted by Crippen LogP contribution is -2.12. The summed E-state index contributed by atoms with van der Waals surface area (Å²) in [6.45, 7) is 7.68. The molecule has 3 rings (SSSR count). The monoisotopic (exact) mass is 390 g/mol. The highest BCUT2D eigenvalue weighted by Crippen LogP contribution is 2.35. The summed E-state index contributed by atoms with van der Waals surface area (Å²) in [5, 5.41) is 3.78. The number of anilines is 1. The third-order valence-corrected chi connectivity index (χ3v) is 5.42. The summed E-state index contributed by atoms with van der Waals surface area (Å²) in [4.78, 5) is 17.6. The van der Waals surface area contributed by atoms with Gasteiger partial charge >= 0.3 is 0 Å². The lowest BCUT2D eigenvalue weighted by Gasteiger charge is -2.10. The second-order valence-corrected chi connectivity index (χ2v) is 7.39. The van der Waals surface area contributed by atoms with Gasteiger partial charge in [-0.3, -0.25) is 9.78 Å². The first-order valence-electron chi connectivity index (χ1n) is 8.83. The molecule has 0 aliphatic rings. The van der Waals surface area contributed by atoms with E-state index in [0.717, 1.165) is 37.9 Å². The van der Waals surface area contributed by atoms with E-state index in [1.807, 2.05) is 31.2 Å². The highest BCUT2D eigenvalue weighted by atomic mass is 32.1. The van der Waals surface area contributed by atoms with Gasteiger partial charge in [-0.25, -0.2) is 0 Å². The van der Waals surface area contributed by atoms with Crippen molar-refractivity contribution in [2.75, 3.05) is 12.4 Å². The molecule has 2 heterocycles. The Balaban J connectivity index is 1.88. The summed E-state index contributed by atoms with van der Waals surface area (Å²) < 4.78 is 5.46. The molecule has 2 aromatic heterocycles. The third-order valence-electron chi connectivity index (χ3n) is 4.38. The van der Waals surface area contributed by atoms with E-state index in [1.165, 1.54) is 0 Å². The van der Waals surface area contributed by atoms with Gasteiger partial charge in [0, 0.05) is 28.4 Å². The number of allylic oxidation sites excluding steroid dienone is 2. The molecule has 1 amide bonds. The molecule has 5 heteroatoms. The molecule has 0 atom stereocenters. The van der Waals surface area contributed by atoms with E-state index in [2.05, 4.69) is 35.9 Å². The van der Waals surface area contributed by atoms with Gasteiger partial charge in [0.15, 0.2) is 0 Å². The lowest BCUT2D eigenvalue weighted by molar-refractivity contribution is 0.102. The molecule has 4 nitrogen and oxygen atoms in total. The average Bonchev–Trinajstić information content (AvgIpc) is 3.15. The van der Waals surface area contributed by atoms with Crippen molar-refractivity contribution in [2.45, 2.75) is 13.8 Å². The van der Waals surface area contributed by atoms with E-state index >= 15 is 0 Å². The molecule has 1 aromatic carbocycles. The number of carbonyl (C=O) groups is 1. The van der Waals surface area contributed by atoms with Gasteiger partial charge in [-0.05, 0) is 60.9 Å². The minimum absolute atomic E-state index is 0.130. The Labute approximate surface area is 169 Å². The molecule has 0 aliphatic carbocycles. The van der Waals surface area contributed by atoms with E-state index in [4.69, 9.17) is 4.74 Å². The molecular weight excluding hydrogens is 368 g/mol. The SMILES string of the molecule is C=C/C=C(\OC)c1ccc(C)c(-c2ccc(NC(=O)c3ccncc3C)s2)c1. The van der Waals surface area contributed by atoms with Gasteiger partial charge in [0.05, 0.1) is 12.1 Å². The lowest BCUT2D eigenvalue weighted by atomic mass is 10.0.